The van der Waals surface area contributed by atoms with Crippen LogP contribution in [-0.2, 0) is 6.54 Å². The van der Waals surface area contributed by atoms with Crippen LogP contribution in [0.2, 0.25) is 0 Å². The number of benzene rings is 1. The normalized spacial score (nSPS) is 14.6. The predicted molar refractivity (Wildman–Crippen MR) is 117 cm³/mol. The number of anilines is 2. The Hall–Kier alpha value is -2.76. The number of carbonyl (C=O) groups excluding carboxylic acids is 1. The van der Waals surface area contributed by atoms with Gasteiger partial charge < -0.3 is 20.7 Å². The molecule has 1 aromatic carbocycles. The highest BCUT2D eigenvalue weighted by Crippen LogP contribution is 2.28. The van der Waals surface area contributed by atoms with Crippen molar-refractivity contribution < 1.29 is 9.53 Å². The van der Waals surface area contributed by atoms with E-state index in [0.717, 1.165) is 18.4 Å². The number of nitrogen functional groups attached to an aromatic ring is 1. The van der Waals surface area contributed by atoms with Crippen LogP contribution in [0.3, 0.4) is 0 Å². The molecule has 3 rings (SSSR count). The Morgan fingerprint density at radius 2 is 2.03 bits per heavy atom. The number of hydrogen-bond acceptors (Lipinski definition) is 5. The average molecular weight is 397 g/mol. The summed E-state index contributed by atoms with van der Waals surface area (Å²) in [5.74, 6) is 1.40. The minimum absolute atomic E-state index is 0.0821. The molecule has 0 bridgehead atoms. The summed E-state index contributed by atoms with van der Waals surface area (Å²) >= 11 is 0. The van der Waals surface area contributed by atoms with Gasteiger partial charge in [-0.1, -0.05) is 25.3 Å². The van der Waals surface area contributed by atoms with Crippen molar-refractivity contribution in [2.75, 3.05) is 18.2 Å². The average Bonchev–Trinajstić information content (AvgIpc) is 2.73. The van der Waals surface area contributed by atoms with Crippen molar-refractivity contribution in [2.24, 2.45) is 0 Å². The number of nitrogens with zero attached hydrogens (tertiary/aromatic N) is 2. The molecule has 1 aliphatic carbocycles. The van der Waals surface area contributed by atoms with Crippen LogP contribution in [0.5, 0.6) is 5.75 Å². The summed E-state index contributed by atoms with van der Waals surface area (Å²) in [5, 5.41) is 3.23. The predicted octanol–water partition coefficient (Wildman–Crippen LogP) is 4.47. The van der Waals surface area contributed by atoms with Crippen molar-refractivity contribution in [3.05, 3.63) is 47.7 Å². The molecule has 1 heterocycles. The zero-order chi connectivity index (χ0) is 20.8. The van der Waals surface area contributed by atoms with E-state index in [2.05, 4.69) is 29.0 Å². The van der Waals surface area contributed by atoms with E-state index in [1.54, 1.807) is 25.4 Å². The zero-order valence-electron chi connectivity index (χ0n) is 17.6. The largest absolute Gasteiger partial charge is 0.496 e. The fourth-order valence-corrected chi connectivity index (χ4v) is 4.10. The second-order valence-corrected chi connectivity index (χ2v) is 7.92. The zero-order valence-corrected chi connectivity index (χ0v) is 17.6. The minimum Gasteiger partial charge on any atom is -0.496 e. The maximum atomic E-state index is 13.3. The number of pyridine rings is 1. The number of rotatable bonds is 7. The van der Waals surface area contributed by atoms with Crippen molar-refractivity contribution in [3.8, 4) is 5.75 Å². The Morgan fingerprint density at radius 1 is 1.28 bits per heavy atom. The molecule has 3 N–H and O–H groups in total. The van der Waals surface area contributed by atoms with Crippen molar-refractivity contribution in [1.29, 1.82) is 0 Å². The molecule has 0 unspecified atom stereocenters. The monoisotopic (exact) mass is 396 g/mol. The molecule has 1 fully saturated rings. The topological polar surface area (TPSA) is 80.5 Å². The maximum absolute atomic E-state index is 13.3. The molecule has 2 aromatic rings. The van der Waals surface area contributed by atoms with E-state index in [4.69, 9.17) is 10.5 Å². The number of nitrogens with two attached hydrogens (primary N) is 1. The van der Waals surface area contributed by atoms with Gasteiger partial charge in [0, 0.05) is 36.0 Å². The second kappa shape index (κ2) is 9.63. The first kappa shape index (κ1) is 21.0. The van der Waals surface area contributed by atoms with E-state index in [9.17, 15) is 4.79 Å². The molecule has 29 heavy (non-hydrogen) atoms. The molecule has 1 amide bonds. The van der Waals surface area contributed by atoms with E-state index >= 15 is 0 Å². The molecule has 0 radical (unpaired) electrons. The number of amides is 1. The SMILES string of the molecule is COc1cc(C(=O)N(C(C)C)C2CCCCC2)ccc1CNc1ncccc1N. The Kier molecular flexibility index (Phi) is 6.96. The third-order valence-corrected chi connectivity index (χ3v) is 5.58. The molecule has 6 nitrogen and oxygen atoms in total. The lowest BCUT2D eigenvalue weighted by atomic mass is 9.92. The van der Waals surface area contributed by atoms with Crippen LogP contribution in [0.25, 0.3) is 0 Å². The lowest BCUT2D eigenvalue weighted by Gasteiger charge is -2.37. The van der Waals surface area contributed by atoms with Gasteiger partial charge in [-0.05, 0) is 51.0 Å². The van der Waals surface area contributed by atoms with Crippen molar-refractivity contribution >= 4 is 17.4 Å². The second-order valence-electron chi connectivity index (χ2n) is 7.92. The molecule has 0 saturated heterocycles. The number of carbonyl (C=O) groups is 1. The standard InChI is InChI=1S/C23H32N4O2/c1-16(2)27(19-8-5-4-6-9-19)23(28)17-11-12-18(21(14-17)29-3)15-26-22-20(24)10-7-13-25-22/h7,10-14,16,19H,4-6,8-9,15,24H2,1-3H3,(H,25,26). The number of ether oxygens (including phenoxy) is 1. The molecule has 156 valence electrons. The number of nitrogens with one attached hydrogen (secondary N) is 1. The van der Waals surface area contributed by atoms with Crippen LogP contribution in [0.15, 0.2) is 36.5 Å². The summed E-state index contributed by atoms with van der Waals surface area (Å²) in [4.78, 5) is 19.6. The van der Waals surface area contributed by atoms with Crippen LogP contribution >= 0.6 is 0 Å². The van der Waals surface area contributed by atoms with Gasteiger partial charge in [0.2, 0.25) is 0 Å². The highest BCUT2D eigenvalue weighted by molar-refractivity contribution is 5.95. The van der Waals surface area contributed by atoms with Crippen molar-refractivity contribution in [2.45, 2.75) is 64.6 Å². The molecule has 6 heteroatoms. The lowest BCUT2D eigenvalue weighted by molar-refractivity contribution is 0.0555. The summed E-state index contributed by atoms with van der Waals surface area (Å²) in [7, 11) is 1.63. The van der Waals surface area contributed by atoms with Gasteiger partial charge in [-0.15, -0.1) is 0 Å². The van der Waals surface area contributed by atoms with Gasteiger partial charge in [0.25, 0.3) is 5.91 Å². The maximum Gasteiger partial charge on any atom is 0.254 e. The first-order valence-corrected chi connectivity index (χ1v) is 10.4. The van der Waals surface area contributed by atoms with Gasteiger partial charge in [0.15, 0.2) is 0 Å². The third-order valence-electron chi connectivity index (χ3n) is 5.58. The Balaban J connectivity index is 1.77. The number of hydrogen-bond donors (Lipinski definition) is 2. The first-order chi connectivity index (χ1) is 14.0. The first-order valence-electron chi connectivity index (χ1n) is 10.4. The van der Waals surface area contributed by atoms with Gasteiger partial charge >= 0.3 is 0 Å². The molecular weight excluding hydrogens is 364 g/mol. The summed E-state index contributed by atoms with van der Waals surface area (Å²) in [6.45, 7) is 4.70. The molecule has 0 atom stereocenters. The van der Waals surface area contributed by atoms with Crippen LogP contribution in [0.4, 0.5) is 11.5 Å². The summed E-state index contributed by atoms with van der Waals surface area (Å²) < 4.78 is 5.58. The van der Waals surface area contributed by atoms with Crippen molar-refractivity contribution in [1.82, 2.24) is 9.88 Å². The van der Waals surface area contributed by atoms with Crippen LogP contribution in [0, 0.1) is 0 Å². The third kappa shape index (κ3) is 5.00. The Bertz CT molecular complexity index is 831. The smallest absolute Gasteiger partial charge is 0.254 e. The Morgan fingerprint density at radius 3 is 2.69 bits per heavy atom. The molecular formula is C23H32N4O2. The molecule has 0 aliphatic heterocycles. The molecule has 1 saturated carbocycles. The van der Waals surface area contributed by atoms with Gasteiger partial charge in [-0.2, -0.15) is 0 Å². The molecule has 0 spiro atoms. The van der Waals surface area contributed by atoms with Crippen LogP contribution in [0.1, 0.15) is 61.9 Å². The quantitative estimate of drug-likeness (QED) is 0.722. The summed E-state index contributed by atoms with van der Waals surface area (Å²) in [5.41, 5.74) is 8.16. The lowest BCUT2D eigenvalue weighted by Crippen LogP contribution is -2.45. The number of methoxy groups -OCH3 is 1. The summed E-state index contributed by atoms with van der Waals surface area (Å²) in [6, 6.07) is 9.79. The van der Waals surface area contributed by atoms with Gasteiger partial charge in [0.05, 0.1) is 12.8 Å². The fraction of sp³-hybridized carbons (Fsp3) is 0.478. The van der Waals surface area contributed by atoms with E-state index in [0.29, 0.717) is 35.4 Å². The van der Waals surface area contributed by atoms with Crippen LogP contribution in [-0.4, -0.2) is 35.0 Å². The highest BCUT2D eigenvalue weighted by atomic mass is 16.5. The van der Waals surface area contributed by atoms with E-state index in [1.165, 1.54) is 19.3 Å². The van der Waals surface area contributed by atoms with E-state index in [-0.39, 0.29) is 11.9 Å². The molecule has 1 aliphatic rings. The summed E-state index contributed by atoms with van der Waals surface area (Å²) in [6.07, 6.45) is 7.55. The highest BCUT2D eigenvalue weighted by Gasteiger charge is 2.28. The Labute approximate surface area is 173 Å². The van der Waals surface area contributed by atoms with E-state index < -0.39 is 0 Å². The van der Waals surface area contributed by atoms with Gasteiger partial charge in [-0.25, -0.2) is 4.98 Å². The fourth-order valence-electron chi connectivity index (χ4n) is 4.10. The van der Waals surface area contributed by atoms with Gasteiger partial charge in [0.1, 0.15) is 11.6 Å². The minimum atomic E-state index is 0.0821. The van der Waals surface area contributed by atoms with Gasteiger partial charge in [-0.3, -0.25) is 4.79 Å². The van der Waals surface area contributed by atoms with Crippen LogP contribution < -0.4 is 15.8 Å². The number of aromatic nitrogens is 1. The van der Waals surface area contributed by atoms with E-state index in [1.807, 2.05) is 18.2 Å². The molecule has 1 aromatic heterocycles. The van der Waals surface area contributed by atoms with Crippen molar-refractivity contribution in [3.63, 3.8) is 0 Å².